The zero-order valence-corrected chi connectivity index (χ0v) is 14.3. The summed E-state index contributed by atoms with van der Waals surface area (Å²) < 4.78 is 10.7. The first-order valence-electron chi connectivity index (χ1n) is 7.90. The van der Waals surface area contributed by atoms with E-state index in [1.807, 2.05) is 32.9 Å². The van der Waals surface area contributed by atoms with Crippen LogP contribution in [0.2, 0.25) is 0 Å². The number of amides is 1. The van der Waals surface area contributed by atoms with Gasteiger partial charge in [-0.3, -0.25) is 0 Å². The van der Waals surface area contributed by atoms with Gasteiger partial charge in [0.05, 0.1) is 6.61 Å². The maximum atomic E-state index is 12.0. The number of carbonyl (C=O) groups excluding carboxylic acids is 1. The summed E-state index contributed by atoms with van der Waals surface area (Å²) in [5, 5.41) is 11.1. The fraction of sp³-hybridized carbons (Fsp3) is 0.688. The maximum Gasteiger partial charge on any atom is 0.407 e. The topological polar surface area (TPSA) is 76.6 Å². The van der Waals surface area contributed by atoms with Gasteiger partial charge in [0, 0.05) is 38.4 Å². The molecule has 7 nitrogen and oxygen atoms in total. The summed E-state index contributed by atoms with van der Waals surface area (Å²) in [6.45, 7) is 7.70. The molecule has 0 saturated carbocycles. The Hall–Kier alpha value is -1.89. The lowest BCUT2D eigenvalue weighted by Crippen LogP contribution is -2.53. The predicted octanol–water partition coefficient (Wildman–Crippen LogP) is 1.84. The molecule has 1 amide bonds. The molecule has 23 heavy (non-hydrogen) atoms. The fourth-order valence-corrected chi connectivity index (χ4v) is 2.73. The molecule has 0 aliphatic carbocycles. The number of ether oxygens (including phenoxy) is 2. The van der Waals surface area contributed by atoms with Crippen molar-refractivity contribution in [3.05, 3.63) is 18.3 Å². The number of rotatable bonds is 4. The van der Waals surface area contributed by atoms with Crippen molar-refractivity contribution in [1.29, 1.82) is 0 Å². The Morgan fingerprint density at radius 1 is 1.48 bits per heavy atom. The van der Waals surface area contributed by atoms with Crippen LogP contribution in [0.25, 0.3) is 0 Å². The van der Waals surface area contributed by atoms with Crippen molar-refractivity contribution in [3.63, 3.8) is 0 Å². The molecule has 0 spiro atoms. The molecule has 1 saturated heterocycles. The molecule has 7 heteroatoms. The smallest absolute Gasteiger partial charge is 0.407 e. The Morgan fingerprint density at radius 3 is 2.87 bits per heavy atom. The minimum atomic E-state index is -0.499. The molecule has 0 aromatic carbocycles. The third-order valence-electron chi connectivity index (χ3n) is 3.70. The molecule has 1 N–H and O–H groups in total. The Bertz CT molecular complexity index is 504. The molecule has 0 radical (unpaired) electrons. The zero-order valence-electron chi connectivity index (χ0n) is 14.3. The van der Waals surface area contributed by atoms with Crippen molar-refractivity contribution < 1.29 is 14.3 Å². The standard InChI is InChI=1S/C16H26N4O3/c1-16(2,3)23-15(21)18-13-7-9-20(10-12(13)11-22-4)14-6-5-8-17-19-14/h5-6,8,12-13H,7,9-11H2,1-4H3,(H,18,21). The molecule has 0 bridgehead atoms. The average Bonchev–Trinajstić information content (AvgIpc) is 2.48. The van der Waals surface area contributed by atoms with E-state index in [-0.39, 0.29) is 18.1 Å². The quantitative estimate of drug-likeness (QED) is 0.911. The molecular formula is C16H26N4O3. The number of aromatic nitrogens is 2. The van der Waals surface area contributed by atoms with Crippen molar-refractivity contribution >= 4 is 11.9 Å². The number of nitrogens with zero attached hydrogens (tertiary/aromatic N) is 3. The van der Waals surface area contributed by atoms with Crippen LogP contribution in [0.1, 0.15) is 27.2 Å². The van der Waals surface area contributed by atoms with E-state index in [0.29, 0.717) is 6.61 Å². The number of nitrogens with one attached hydrogen (secondary N) is 1. The van der Waals surface area contributed by atoms with Gasteiger partial charge in [-0.05, 0) is 39.3 Å². The van der Waals surface area contributed by atoms with Crippen molar-refractivity contribution in [1.82, 2.24) is 15.5 Å². The molecule has 1 fully saturated rings. The molecule has 2 rings (SSSR count). The first-order chi connectivity index (χ1) is 10.9. The molecule has 128 valence electrons. The van der Waals surface area contributed by atoms with E-state index in [4.69, 9.17) is 9.47 Å². The average molecular weight is 322 g/mol. The van der Waals surface area contributed by atoms with Crippen LogP contribution in [0.15, 0.2) is 18.3 Å². The molecule has 2 atom stereocenters. The van der Waals surface area contributed by atoms with E-state index in [0.717, 1.165) is 25.3 Å². The maximum absolute atomic E-state index is 12.0. The number of hydrogen-bond acceptors (Lipinski definition) is 6. The summed E-state index contributed by atoms with van der Waals surface area (Å²) in [6.07, 6.45) is 2.09. The van der Waals surface area contributed by atoms with Gasteiger partial charge in [0.1, 0.15) is 5.60 Å². The SMILES string of the molecule is COCC1CN(c2cccnn2)CCC1NC(=O)OC(C)(C)C. The van der Waals surface area contributed by atoms with Crippen LogP contribution < -0.4 is 10.2 Å². The van der Waals surface area contributed by atoms with Crippen LogP contribution in [0.4, 0.5) is 10.6 Å². The van der Waals surface area contributed by atoms with E-state index in [2.05, 4.69) is 20.4 Å². The van der Waals surface area contributed by atoms with Gasteiger partial charge in [-0.25, -0.2) is 4.79 Å². The Balaban J connectivity index is 1.98. The van der Waals surface area contributed by atoms with Gasteiger partial charge >= 0.3 is 6.09 Å². The summed E-state index contributed by atoms with van der Waals surface area (Å²) in [5.41, 5.74) is -0.499. The summed E-state index contributed by atoms with van der Waals surface area (Å²) >= 11 is 0. The van der Waals surface area contributed by atoms with E-state index < -0.39 is 5.60 Å². The van der Waals surface area contributed by atoms with Crippen molar-refractivity contribution in [2.75, 3.05) is 31.7 Å². The van der Waals surface area contributed by atoms with E-state index in [1.165, 1.54) is 0 Å². The fourth-order valence-electron chi connectivity index (χ4n) is 2.73. The number of anilines is 1. The highest BCUT2D eigenvalue weighted by molar-refractivity contribution is 5.68. The van der Waals surface area contributed by atoms with Crippen LogP contribution in [-0.2, 0) is 9.47 Å². The largest absolute Gasteiger partial charge is 0.444 e. The van der Waals surface area contributed by atoms with Gasteiger partial charge in [-0.2, -0.15) is 5.10 Å². The molecule has 1 aromatic rings. The lowest BCUT2D eigenvalue weighted by molar-refractivity contribution is 0.0444. The first-order valence-corrected chi connectivity index (χ1v) is 7.90. The number of carbonyl (C=O) groups is 1. The third-order valence-corrected chi connectivity index (χ3v) is 3.70. The summed E-state index contributed by atoms with van der Waals surface area (Å²) in [7, 11) is 1.67. The molecule has 1 aliphatic heterocycles. The second-order valence-corrected chi connectivity index (χ2v) is 6.78. The summed E-state index contributed by atoms with van der Waals surface area (Å²) in [5.74, 6) is 1.02. The van der Waals surface area contributed by atoms with Crippen molar-refractivity contribution in [3.8, 4) is 0 Å². The van der Waals surface area contributed by atoms with E-state index >= 15 is 0 Å². The van der Waals surface area contributed by atoms with Gasteiger partial charge in [0.2, 0.25) is 0 Å². The normalized spacial score (nSPS) is 21.8. The van der Waals surface area contributed by atoms with Gasteiger partial charge < -0.3 is 19.7 Å². The first kappa shape index (κ1) is 17.5. The Morgan fingerprint density at radius 2 is 2.26 bits per heavy atom. The van der Waals surface area contributed by atoms with Gasteiger partial charge in [0.15, 0.2) is 5.82 Å². The zero-order chi connectivity index (χ0) is 16.9. The Labute approximate surface area is 137 Å². The lowest BCUT2D eigenvalue weighted by Gasteiger charge is -2.39. The van der Waals surface area contributed by atoms with Gasteiger partial charge in [0.25, 0.3) is 0 Å². The highest BCUT2D eigenvalue weighted by Crippen LogP contribution is 2.22. The van der Waals surface area contributed by atoms with Gasteiger partial charge in [-0.15, -0.1) is 5.10 Å². The monoisotopic (exact) mass is 322 g/mol. The van der Waals surface area contributed by atoms with Crippen LogP contribution in [0.3, 0.4) is 0 Å². The van der Waals surface area contributed by atoms with Crippen LogP contribution >= 0.6 is 0 Å². The minimum absolute atomic E-state index is 0.0257. The molecular weight excluding hydrogens is 296 g/mol. The van der Waals surface area contributed by atoms with E-state index in [1.54, 1.807) is 13.3 Å². The van der Waals surface area contributed by atoms with Gasteiger partial charge in [-0.1, -0.05) is 0 Å². The molecule has 2 heterocycles. The molecule has 2 unspecified atom stereocenters. The summed E-state index contributed by atoms with van der Waals surface area (Å²) in [4.78, 5) is 14.2. The second kappa shape index (κ2) is 7.59. The minimum Gasteiger partial charge on any atom is -0.444 e. The van der Waals surface area contributed by atoms with Crippen LogP contribution in [0, 0.1) is 5.92 Å². The Kier molecular flexibility index (Phi) is 5.76. The highest BCUT2D eigenvalue weighted by atomic mass is 16.6. The molecule has 1 aromatic heterocycles. The van der Waals surface area contributed by atoms with Crippen LogP contribution in [-0.4, -0.2) is 54.7 Å². The second-order valence-electron chi connectivity index (χ2n) is 6.78. The highest BCUT2D eigenvalue weighted by Gasteiger charge is 2.32. The van der Waals surface area contributed by atoms with E-state index in [9.17, 15) is 4.79 Å². The van der Waals surface area contributed by atoms with Crippen molar-refractivity contribution in [2.24, 2.45) is 5.92 Å². The number of piperidine rings is 1. The number of alkyl carbamates (subject to hydrolysis) is 1. The lowest BCUT2D eigenvalue weighted by atomic mass is 9.93. The third kappa shape index (κ3) is 5.35. The molecule has 1 aliphatic rings. The van der Waals surface area contributed by atoms with Crippen molar-refractivity contribution in [2.45, 2.75) is 38.8 Å². The van der Waals surface area contributed by atoms with Crippen LogP contribution in [0.5, 0.6) is 0 Å². The number of methoxy groups -OCH3 is 1. The summed E-state index contributed by atoms with van der Waals surface area (Å²) in [6, 6.07) is 3.84. The predicted molar refractivity (Wildman–Crippen MR) is 87.4 cm³/mol. The number of hydrogen-bond donors (Lipinski definition) is 1.